The predicted octanol–water partition coefficient (Wildman–Crippen LogP) is 2.85. The molecular weight excluding hydrogens is 238 g/mol. The van der Waals surface area contributed by atoms with Crippen LogP contribution in [0.4, 0.5) is 5.69 Å². The normalized spacial score (nSPS) is 13.9. The smallest absolute Gasteiger partial charge is 0.272 e. The molecule has 1 aliphatic rings. The van der Waals surface area contributed by atoms with Crippen LogP contribution in [-0.4, -0.2) is 15.9 Å². The molecule has 0 radical (unpaired) electrons. The lowest BCUT2D eigenvalue weighted by Crippen LogP contribution is -2.12. The maximum absolute atomic E-state index is 12.1. The third-order valence-electron chi connectivity index (χ3n) is 3.53. The van der Waals surface area contributed by atoms with Crippen molar-refractivity contribution in [3.63, 3.8) is 0 Å². The molecule has 2 heterocycles. The number of carbonyl (C=O) groups is 1. The highest BCUT2D eigenvalue weighted by molar-refractivity contribution is 6.03. The van der Waals surface area contributed by atoms with Gasteiger partial charge in [0, 0.05) is 11.4 Å². The number of aryl methyl sites for hydroxylation is 3. The van der Waals surface area contributed by atoms with Crippen LogP contribution in [0.5, 0.6) is 0 Å². The van der Waals surface area contributed by atoms with Crippen LogP contribution in [0.25, 0.3) is 0 Å². The predicted molar refractivity (Wildman–Crippen MR) is 74.4 cm³/mol. The summed E-state index contributed by atoms with van der Waals surface area (Å²) < 4.78 is 0. The minimum absolute atomic E-state index is 0.0972. The van der Waals surface area contributed by atoms with Crippen LogP contribution < -0.4 is 5.32 Å². The maximum atomic E-state index is 12.1. The Kier molecular flexibility index (Phi) is 3.07. The second kappa shape index (κ2) is 4.88. The molecule has 0 fully saturated rings. The van der Waals surface area contributed by atoms with Crippen molar-refractivity contribution in [1.29, 1.82) is 0 Å². The number of hydrogen-bond acceptors (Lipinski definition) is 2. The Morgan fingerprint density at radius 3 is 2.89 bits per heavy atom. The van der Waals surface area contributed by atoms with Gasteiger partial charge in [-0.25, -0.2) is 0 Å². The quantitative estimate of drug-likeness (QED) is 0.867. The van der Waals surface area contributed by atoms with E-state index in [1.54, 1.807) is 6.20 Å². The number of anilines is 1. The third-order valence-corrected chi connectivity index (χ3v) is 3.53. The standard InChI is InChI=1S/C15H17N3O/c1-10-6-7-12(9-16-10)17-15(19)14-8-11-4-2-3-5-13(11)18-14/h6-9,18H,2-5H2,1H3,(H,17,19). The van der Waals surface area contributed by atoms with Crippen molar-refractivity contribution in [2.75, 3.05) is 5.32 Å². The van der Waals surface area contributed by atoms with Crippen molar-refractivity contribution >= 4 is 11.6 Å². The first-order valence-electron chi connectivity index (χ1n) is 6.67. The summed E-state index contributed by atoms with van der Waals surface area (Å²) >= 11 is 0. The average Bonchev–Trinajstić information content (AvgIpc) is 2.85. The van der Waals surface area contributed by atoms with Crippen molar-refractivity contribution in [3.05, 3.63) is 47.0 Å². The molecule has 0 saturated heterocycles. The number of hydrogen-bond donors (Lipinski definition) is 2. The van der Waals surface area contributed by atoms with E-state index in [0.29, 0.717) is 5.69 Å². The lowest BCUT2D eigenvalue weighted by Gasteiger charge is -2.08. The number of carbonyl (C=O) groups excluding carboxylic acids is 1. The minimum Gasteiger partial charge on any atom is -0.354 e. The summed E-state index contributed by atoms with van der Waals surface area (Å²) in [7, 11) is 0. The summed E-state index contributed by atoms with van der Waals surface area (Å²) in [6.07, 6.45) is 6.22. The highest BCUT2D eigenvalue weighted by Gasteiger charge is 2.16. The third kappa shape index (κ3) is 2.52. The molecule has 3 rings (SSSR count). The van der Waals surface area contributed by atoms with Gasteiger partial charge in [-0.3, -0.25) is 9.78 Å². The zero-order valence-electron chi connectivity index (χ0n) is 11.0. The number of H-pyrrole nitrogens is 1. The van der Waals surface area contributed by atoms with Gasteiger partial charge in [-0.05, 0) is 56.4 Å². The first kappa shape index (κ1) is 12.0. The van der Waals surface area contributed by atoms with Crippen LogP contribution in [0.3, 0.4) is 0 Å². The van der Waals surface area contributed by atoms with Crippen molar-refractivity contribution < 1.29 is 4.79 Å². The van der Waals surface area contributed by atoms with Crippen molar-refractivity contribution in [1.82, 2.24) is 9.97 Å². The molecule has 1 aliphatic carbocycles. The summed E-state index contributed by atoms with van der Waals surface area (Å²) in [4.78, 5) is 19.5. The van der Waals surface area contributed by atoms with Gasteiger partial charge in [0.05, 0.1) is 11.9 Å². The lowest BCUT2D eigenvalue weighted by molar-refractivity contribution is 0.102. The molecule has 4 nitrogen and oxygen atoms in total. The van der Waals surface area contributed by atoms with Crippen LogP contribution in [0.2, 0.25) is 0 Å². The van der Waals surface area contributed by atoms with Gasteiger partial charge < -0.3 is 10.3 Å². The number of fused-ring (bicyclic) bond motifs is 1. The second-order valence-electron chi connectivity index (χ2n) is 5.04. The Morgan fingerprint density at radius 2 is 2.16 bits per heavy atom. The van der Waals surface area contributed by atoms with Gasteiger partial charge in [0.15, 0.2) is 0 Å². The lowest BCUT2D eigenvalue weighted by atomic mass is 9.98. The summed E-state index contributed by atoms with van der Waals surface area (Å²) in [5.74, 6) is -0.0972. The van der Waals surface area contributed by atoms with Gasteiger partial charge in [-0.2, -0.15) is 0 Å². The summed E-state index contributed by atoms with van der Waals surface area (Å²) in [6, 6.07) is 5.73. The number of rotatable bonds is 2. The van der Waals surface area contributed by atoms with E-state index in [4.69, 9.17) is 0 Å². The zero-order chi connectivity index (χ0) is 13.2. The molecule has 2 N–H and O–H groups in total. The Hall–Kier alpha value is -2.10. The molecule has 4 heteroatoms. The van der Waals surface area contributed by atoms with Gasteiger partial charge in [-0.15, -0.1) is 0 Å². The first-order valence-corrected chi connectivity index (χ1v) is 6.67. The molecule has 0 atom stereocenters. The van der Waals surface area contributed by atoms with Gasteiger partial charge in [0.2, 0.25) is 0 Å². The molecule has 0 unspecified atom stereocenters. The van der Waals surface area contributed by atoms with Crippen LogP contribution >= 0.6 is 0 Å². The minimum atomic E-state index is -0.0972. The highest BCUT2D eigenvalue weighted by Crippen LogP contribution is 2.22. The summed E-state index contributed by atoms with van der Waals surface area (Å²) in [5.41, 5.74) is 4.82. The van der Waals surface area contributed by atoms with Crippen molar-refractivity contribution in [2.24, 2.45) is 0 Å². The molecule has 0 spiro atoms. The fraction of sp³-hybridized carbons (Fsp3) is 0.333. The molecule has 0 aliphatic heterocycles. The molecular formula is C15H17N3O. The van der Waals surface area contributed by atoms with E-state index in [1.165, 1.54) is 24.1 Å². The Bertz CT molecular complexity index is 575. The molecule has 0 bridgehead atoms. The number of nitrogens with zero attached hydrogens (tertiary/aromatic N) is 1. The Labute approximate surface area is 112 Å². The van der Waals surface area contributed by atoms with Gasteiger partial charge in [0.25, 0.3) is 5.91 Å². The number of aromatic nitrogens is 2. The number of pyridine rings is 1. The number of amides is 1. The van der Waals surface area contributed by atoms with Gasteiger partial charge in [0.1, 0.15) is 5.69 Å². The molecule has 2 aromatic rings. The molecule has 2 aromatic heterocycles. The maximum Gasteiger partial charge on any atom is 0.272 e. The summed E-state index contributed by atoms with van der Waals surface area (Å²) in [5, 5.41) is 2.86. The van der Waals surface area contributed by atoms with Crippen LogP contribution in [0, 0.1) is 6.92 Å². The van der Waals surface area contributed by atoms with E-state index in [-0.39, 0.29) is 5.91 Å². The SMILES string of the molecule is Cc1ccc(NC(=O)c2cc3c([nH]2)CCCC3)cn1. The number of aromatic amines is 1. The van der Waals surface area contributed by atoms with Gasteiger partial charge >= 0.3 is 0 Å². The fourth-order valence-electron chi connectivity index (χ4n) is 2.47. The largest absolute Gasteiger partial charge is 0.354 e. The second-order valence-corrected chi connectivity index (χ2v) is 5.04. The van der Waals surface area contributed by atoms with Crippen molar-refractivity contribution in [3.8, 4) is 0 Å². The molecule has 0 saturated carbocycles. The zero-order valence-corrected chi connectivity index (χ0v) is 11.0. The molecule has 19 heavy (non-hydrogen) atoms. The van der Waals surface area contributed by atoms with Crippen molar-refractivity contribution in [2.45, 2.75) is 32.6 Å². The van der Waals surface area contributed by atoms with Crippen LogP contribution in [-0.2, 0) is 12.8 Å². The number of nitrogens with one attached hydrogen (secondary N) is 2. The topological polar surface area (TPSA) is 57.8 Å². The Balaban J connectivity index is 1.76. The Morgan fingerprint density at radius 1 is 1.32 bits per heavy atom. The van der Waals surface area contributed by atoms with Crippen LogP contribution in [0.1, 0.15) is 40.3 Å². The highest BCUT2D eigenvalue weighted by atomic mass is 16.1. The molecule has 0 aromatic carbocycles. The fourth-order valence-corrected chi connectivity index (χ4v) is 2.47. The average molecular weight is 255 g/mol. The monoisotopic (exact) mass is 255 g/mol. The van der Waals surface area contributed by atoms with E-state index in [1.807, 2.05) is 25.1 Å². The van der Waals surface area contributed by atoms with E-state index in [0.717, 1.165) is 24.2 Å². The van der Waals surface area contributed by atoms with E-state index in [2.05, 4.69) is 15.3 Å². The van der Waals surface area contributed by atoms with Gasteiger partial charge in [-0.1, -0.05) is 0 Å². The first-order chi connectivity index (χ1) is 9.22. The van der Waals surface area contributed by atoms with Crippen LogP contribution in [0.15, 0.2) is 24.4 Å². The summed E-state index contributed by atoms with van der Waals surface area (Å²) in [6.45, 7) is 1.92. The van der Waals surface area contributed by atoms with E-state index in [9.17, 15) is 4.79 Å². The van der Waals surface area contributed by atoms with E-state index < -0.39 is 0 Å². The van der Waals surface area contributed by atoms with E-state index >= 15 is 0 Å². The molecule has 1 amide bonds. The molecule has 98 valence electrons.